The minimum absolute atomic E-state index is 0.0312. The van der Waals surface area contributed by atoms with Gasteiger partial charge < -0.3 is 26.0 Å². The van der Waals surface area contributed by atoms with Crippen LogP contribution < -0.4 is 11.1 Å². The Hall–Kier alpha value is -1.18. The van der Waals surface area contributed by atoms with Gasteiger partial charge in [-0.2, -0.15) is 0 Å². The van der Waals surface area contributed by atoms with Gasteiger partial charge in [-0.3, -0.25) is 9.59 Å². The van der Waals surface area contributed by atoms with E-state index in [9.17, 15) is 9.59 Å². The van der Waals surface area contributed by atoms with E-state index in [1.807, 2.05) is 20.8 Å². The summed E-state index contributed by atoms with van der Waals surface area (Å²) in [5, 5.41) is 19.7. The van der Waals surface area contributed by atoms with Gasteiger partial charge >= 0.3 is 11.9 Å². The van der Waals surface area contributed by atoms with E-state index < -0.39 is 17.5 Å². The topological polar surface area (TPSA) is 122 Å². The highest BCUT2D eigenvalue weighted by atomic mass is 16.5. The minimum Gasteiger partial charge on any atom is -0.480 e. The average molecular weight is 276 g/mol. The van der Waals surface area contributed by atoms with Crippen molar-refractivity contribution in [1.29, 1.82) is 0 Å². The maximum atomic E-state index is 10.5. The molecule has 0 aromatic rings. The molecule has 1 rings (SSSR count). The van der Waals surface area contributed by atoms with E-state index >= 15 is 0 Å². The van der Waals surface area contributed by atoms with Crippen LogP contribution in [0, 0.1) is 0 Å². The molecule has 0 aromatic carbocycles. The maximum absolute atomic E-state index is 10.5. The number of hydrogen-bond donors (Lipinski definition) is 4. The fourth-order valence-corrected chi connectivity index (χ4v) is 1.29. The monoisotopic (exact) mass is 276 g/mol. The van der Waals surface area contributed by atoms with Gasteiger partial charge in [-0.15, -0.1) is 0 Å². The van der Waals surface area contributed by atoms with Crippen LogP contribution >= 0.6 is 0 Å². The molecule has 112 valence electrons. The van der Waals surface area contributed by atoms with Crippen molar-refractivity contribution >= 4 is 11.9 Å². The molecule has 1 aliphatic rings. The van der Waals surface area contributed by atoms with Crippen molar-refractivity contribution in [2.45, 2.75) is 44.7 Å². The van der Waals surface area contributed by atoms with Crippen LogP contribution in [0.3, 0.4) is 0 Å². The van der Waals surface area contributed by atoms with Crippen molar-refractivity contribution in [3.8, 4) is 0 Å². The first-order chi connectivity index (χ1) is 8.57. The summed E-state index contributed by atoms with van der Waals surface area (Å²) in [6, 6.07) is 0. The molecule has 0 amide bonds. The minimum atomic E-state index is -1.03. The number of aliphatic carboxylic acids is 2. The largest absolute Gasteiger partial charge is 0.480 e. The smallest absolute Gasteiger partial charge is 0.323 e. The predicted octanol–water partition coefficient (Wildman–Crippen LogP) is 0.0380. The molecule has 0 atom stereocenters. The summed E-state index contributed by atoms with van der Waals surface area (Å²) in [5.74, 6) is -1.74. The Morgan fingerprint density at radius 1 is 1.26 bits per heavy atom. The molecule has 0 bridgehead atoms. The summed E-state index contributed by atoms with van der Waals surface area (Å²) in [6.45, 7) is 6.73. The summed E-state index contributed by atoms with van der Waals surface area (Å²) >= 11 is 0. The Morgan fingerprint density at radius 2 is 1.74 bits per heavy atom. The summed E-state index contributed by atoms with van der Waals surface area (Å²) in [4.78, 5) is 20.5. The first-order valence-corrected chi connectivity index (χ1v) is 6.14. The van der Waals surface area contributed by atoms with Crippen LogP contribution in [-0.2, 0) is 14.3 Å². The van der Waals surface area contributed by atoms with Gasteiger partial charge in [0.1, 0.15) is 5.54 Å². The lowest BCUT2D eigenvalue weighted by Crippen LogP contribution is -2.51. The molecule has 19 heavy (non-hydrogen) atoms. The normalized spacial score (nSPS) is 18.1. The van der Waals surface area contributed by atoms with Gasteiger partial charge in [-0.05, 0) is 33.6 Å². The highest BCUT2D eigenvalue weighted by molar-refractivity contribution is 5.78. The molecule has 0 aliphatic carbocycles. The molecule has 7 heteroatoms. The average Bonchev–Trinajstić information content (AvgIpc) is 2.27. The molecule has 7 nitrogen and oxygen atoms in total. The summed E-state index contributed by atoms with van der Waals surface area (Å²) in [5.41, 5.74) is 4.39. The van der Waals surface area contributed by atoms with Gasteiger partial charge in [0.2, 0.25) is 0 Å². The molecule has 1 aliphatic heterocycles. The third-order valence-corrected chi connectivity index (χ3v) is 2.58. The third-order valence-electron chi connectivity index (χ3n) is 2.58. The number of nitrogens with two attached hydrogens (primary N) is 1. The van der Waals surface area contributed by atoms with E-state index in [1.54, 1.807) is 0 Å². The Morgan fingerprint density at radius 3 is 1.95 bits per heavy atom. The van der Waals surface area contributed by atoms with Crippen LogP contribution in [0.15, 0.2) is 0 Å². The summed E-state index contributed by atoms with van der Waals surface area (Å²) in [7, 11) is 0. The highest BCUT2D eigenvalue weighted by Gasteiger charge is 2.35. The standard InChI is InChI=1S/C6H11NO3.C6H13NO2/c7-6(5(8)9)1-3-10-4-2-6;1-6(2,3)7-4-5(8)9/h1-4,7H2,(H,8,9);7H,4H2,1-3H3,(H,8,9). The Labute approximate surface area is 113 Å². The molecule has 1 fully saturated rings. The second kappa shape index (κ2) is 7.42. The van der Waals surface area contributed by atoms with E-state index in [1.165, 1.54) is 0 Å². The number of hydrogen-bond acceptors (Lipinski definition) is 5. The number of carboxylic acid groups (broad SMARTS) is 2. The molecule has 1 heterocycles. The molecule has 5 N–H and O–H groups in total. The second-order valence-electron chi connectivity index (χ2n) is 5.57. The molecular weight excluding hydrogens is 252 g/mol. The fraction of sp³-hybridized carbons (Fsp3) is 0.833. The van der Waals surface area contributed by atoms with Gasteiger partial charge in [0, 0.05) is 18.8 Å². The van der Waals surface area contributed by atoms with Crippen molar-refractivity contribution in [1.82, 2.24) is 5.32 Å². The number of rotatable bonds is 3. The summed E-state index contributed by atoms with van der Waals surface area (Å²) in [6.07, 6.45) is 0.838. The number of ether oxygens (including phenoxy) is 1. The molecular formula is C12H24N2O5. The summed E-state index contributed by atoms with van der Waals surface area (Å²) < 4.78 is 4.97. The Bertz CT molecular complexity index is 306. The molecule has 0 spiro atoms. The van der Waals surface area contributed by atoms with E-state index in [2.05, 4.69) is 5.32 Å². The van der Waals surface area contributed by atoms with Gasteiger partial charge in [-0.1, -0.05) is 0 Å². The van der Waals surface area contributed by atoms with Gasteiger partial charge in [0.25, 0.3) is 0 Å². The van der Waals surface area contributed by atoms with E-state index in [0.29, 0.717) is 26.1 Å². The van der Waals surface area contributed by atoms with Crippen molar-refractivity contribution in [3.63, 3.8) is 0 Å². The number of carbonyl (C=O) groups is 2. The van der Waals surface area contributed by atoms with Crippen LogP contribution in [0.2, 0.25) is 0 Å². The number of nitrogens with one attached hydrogen (secondary N) is 1. The van der Waals surface area contributed by atoms with Gasteiger partial charge in [0.15, 0.2) is 0 Å². The lowest BCUT2D eigenvalue weighted by atomic mass is 9.92. The first kappa shape index (κ1) is 17.8. The molecule has 1 saturated heterocycles. The first-order valence-electron chi connectivity index (χ1n) is 6.14. The molecule has 0 radical (unpaired) electrons. The van der Waals surface area contributed by atoms with Gasteiger partial charge in [0.05, 0.1) is 6.54 Å². The lowest BCUT2D eigenvalue weighted by molar-refractivity contribution is -0.147. The van der Waals surface area contributed by atoms with Gasteiger partial charge in [-0.25, -0.2) is 0 Å². The lowest BCUT2D eigenvalue weighted by Gasteiger charge is -2.28. The number of carboxylic acids is 2. The van der Waals surface area contributed by atoms with E-state index in [4.69, 9.17) is 20.7 Å². The molecule has 0 saturated carbocycles. The van der Waals surface area contributed by atoms with Crippen LogP contribution in [0.25, 0.3) is 0 Å². The van der Waals surface area contributed by atoms with Crippen LogP contribution in [0.4, 0.5) is 0 Å². The highest BCUT2D eigenvalue weighted by Crippen LogP contribution is 2.17. The van der Waals surface area contributed by atoms with Crippen molar-refractivity contribution in [3.05, 3.63) is 0 Å². The molecule has 0 unspecified atom stereocenters. The predicted molar refractivity (Wildman–Crippen MR) is 70.0 cm³/mol. The zero-order valence-electron chi connectivity index (χ0n) is 11.7. The Balaban J connectivity index is 0.000000344. The van der Waals surface area contributed by atoms with Crippen LogP contribution in [0.1, 0.15) is 33.6 Å². The third kappa shape index (κ3) is 8.52. The Kier molecular flexibility index (Phi) is 6.96. The van der Waals surface area contributed by atoms with Crippen LogP contribution in [0.5, 0.6) is 0 Å². The maximum Gasteiger partial charge on any atom is 0.323 e. The zero-order valence-corrected chi connectivity index (χ0v) is 11.7. The SMILES string of the molecule is CC(C)(C)NCC(=O)O.NC1(C(=O)O)CCOCC1. The van der Waals surface area contributed by atoms with E-state index in [0.717, 1.165) is 0 Å². The quantitative estimate of drug-likeness (QED) is 0.574. The van der Waals surface area contributed by atoms with Crippen LogP contribution in [-0.4, -0.2) is 53.0 Å². The fourth-order valence-electron chi connectivity index (χ4n) is 1.29. The zero-order chi connectivity index (χ0) is 15.1. The second-order valence-corrected chi connectivity index (χ2v) is 5.57. The van der Waals surface area contributed by atoms with Crippen molar-refractivity contribution in [2.24, 2.45) is 5.73 Å². The van der Waals surface area contributed by atoms with Crippen molar-refractivity contribution < 1.29 is 24.5 Å². The van der Waals surface area contributed by atoms with E-state index in [-0.39, 0.29) is 12.1 Å². The molecule has 0 aromatic heterocycles. The van der Waals surface area contributed by atoms with Crippen molar-refractivity contribution in [2.75, 3.05) is 19.8 Å².